The van der Waals surface area contributed by atoms with Crippen LogP contribution in [0, 0.1) is 5.95 Å². The minimum Gasteiger partial charge on any atom is -0.366 e. The molecule has 2 aromatic rings. The van der Waals surface area contributed by atoms with Gasteiger partial charge in [-0.1, -0.05) is 6.07 Å². The Balaban J connectivity index is 1.99. The van der Waals surface area contributed by atoms with E-state index in [-0.39, 0.29) is 0 Å². The molecule has 0 radical (unpaired) electrons. The van der Waals surface area contributed by atoms with E-state index in [2.05, 4.69) is 26.2 Å². The van der Waals surface area contributed by atoms with Crippen LogP contribution in [-0.2, 0) is 6.54 Å². The highest BCUT2D eigenvalue weighted by molar-refractivity contribution is 9.11. The van der Waals surface area contributed by atoms with Gasteiger partial charge in [0, 0.05) is 6.54 Å². The Morgan fingerprint density at radius 1 is 1.47 bits per heavy atom. The molecule has 0 atom stereocenters. The average molecular weight is 287 g/mol. The van der Waals surface area contributed by atoms with Gasteiger partial charge in [0.15, 0.2) is 0 Å². The van der Waals surface area contributed by atoms with Gasteiger partial charge in [-0.3, -0.25) is 0 Å². The van der Waals surface area contributed by atoms with E-state index in [0.717, 1.165) is 9.35 Å². The van der Waals surface area contributed by atoms with Gasteiger partial charge in [-0.2, -0.15) is 4.39 Å². The molecule has 0 fully saturated rings. The van der Waals surface area contributed by atoms with Crippen LogP contribution in [0.25, 0.3) is 0 Å². The predicted molar refractivity (Wildman–Crippen MR) is 63.5 cm³/mol. The first-order valence-electron chi connectivity index (χ1n) is 4.33. The van der Waals surface area contributed by atoms with Crippen molar-refractivity contribution in [3.8, 4) is 0 Å². The van der Waals surface area contributed by atoms with Crippen molar-refractivity contribution in [2.45, 2.75) is 6.54 Å². The van der Waals surface area contributed by atoms with Gasteiger partial charge in [0.25, 0.3) is 0 Å². The number of thiophene rings is 1. The molecule has 0 spiro atoms. The monoisotopic (exact) mass is 286 g/mol. The number of rotatable bonds is 3. The molecule has 0 aliphatic rings. The lowest BCUT2D eigenvalue weighted by Crippen LogP contribution is -2.00. The molecular weight excluding hydrogens is 279 g/mol. The SMILES string of the molecule is Fc1cccc(NCc2csc(Br)c2)n1. The number of halogens is 2. The highest BCUT2D eigenvalue weighted by Crippen LogP contribution is 2.21. The largest absolute Gasteiger partial charge is 0.366 e. The summed E-state index contributed by atoms with van der Waals surface area (Å²) in [5.74, 6) is 0.0869. The summed E-state index contributed by atoms with van der Waals surface area (Å²) in [5, 5.41) is 5.09. The van der Waals surface area contributed by atoms with Crippen LogP contribution >= 0.6 is 27.3 Å². The van der Waals surface area contributed by atoms with Crippen LogP contribution in [-0.4, -0.2) is 4.98 Å². The van der Waals surface area contributed by atoms with Gasteiger partial charge in [-0.05, 0) is 45.1 Å². The van der Waals surface area contributed by atoms with Crippen LogP contribution in [0.3, 0.4) is 0 Å². The van der Waals surface area contributed by atoms with Crippen molar-refractivity contribution in [2.75, 3.05) is 5.32 Å². The van der Waals surface area contributed by atoms with Crippen molar-refractivity contribution in [2.24, 2.45) is 0 Å². The first-order chi connectivity index (χ1) is 7.24. The molecule has 5 heteroatoms. The molecule has 2 heterocycles. The second kappa shape index (κ2) is 4.72. The fourth-order valence-corrected chi connectivity index (χ4v) is 2.35. The number of hydrogen-bond donors (Lipinski definition) is 1. The number of pyridine rings is 1. The molecule has 15 heavy (non-hydrogen) atoms. The number of aromatic nitrogens is 1. The van der Waals surface area contributed by atoms with Crippen molar-refractivity contribution in [3.05, 3.63) is 44.9 Å². The van der Waals surface area contributed by atoms with Crippen molar-refractivity contribution < 1.29 is 4.39 Å². The van der Waals surface area contributed by atoms with Gasteiger partial charge in [-0.15, -0.1) is 11.3 Å². The van der Waals surface area contributed by atoms with Crippen molar-refractivity contribution in [1.29, 1.82) is 0 Å². The fourth-order valence-electron chi connectivity index (χ4n) is 1.14. The second-order valence-corrected chi connectivity index (χ2v) is 5.25. The van der Waals surface area contributed by atoms with Gasteiger partial charge >= 0.3 is 0 Å². The Labute approximate surface area is 99.3 Å². The molecule has 2 rings (SSSR count). The maximum absolute atomic E-state index is 12.7. The van der Waals surface area contributed by atoms with Crippen molar-refractivity contribution in [3.63, 3.8) is 0 Å². The summed E-state index contributed by atoms with van der Waals surface area (Å²) in [4.78, 5) is 3.71. The smallest absolute Gasteiger partial charge is 0.214 e. The van der Waals surface area contributed by atoms with Crippen LogP contribution < -0.4 is 5.32 Å². The molecule has 0 saturated heterocycles. The Kier molecular flexibility index (Phi) is 3.33. The molecule has 0 aromatic carbocycles. The quantitative estimate of drug-likeness (QED) is 0.871. The lowest BCUT2D eigenvalue weighted by molar-refractivity contribution is 0.585. The van der Waals surface area contributed by atoms with E-state index in [0.29, 0.717) is 12.4 Å². The van der Waals surface area contributed by atoms with Gasteiger partial charge in [-0.25, -0.2) is 4.98 Å². The van der Waals surface area contributed by atoms with Crippen LogP contribution in [0.15, 0.2) is 33.4 Å². The molecular formula is C10H8BrFN2S. The molecule has 0 aliphatic carbocycles. The molecule has 2 nitrogen and oxygen atoms in total. The van der Waals surface area contributed by atoms with E-state index in [1.54, 1.807) is 23.5 Å². The number of nitrogens with one attached hydrogen (secondary N) is 1. The zero-order valence-corrected chi connectivity index (χ0v) is 10.1. The van der Waals surface area contributed by atoms with E-state index >= 15 is 0 Å². The molecule has 0 unspecified atom stereocenters. The van der Waals surface area contributed by atoms with E-state index in [1.165, 1.54) is 6.07 Å². The highest BCUT2D eigenvalue weighted by atomic mass is 79.9. The third kappa shape index (κ3) is 3.00. The molecule has 0 bridgehead atoms. The zero-order valence-electron chi connectivity index (χ0n) is 7.71. The maximum atomic E-state index is 12.7. The van der Waals surface area contributed by atoms with E-state index in [1.807, 2.05) is 11.4 Å². The lowest BCUT2D eigenvalue weighted by atomic mass is 10.3. The summed E-state index contributed by atoms with van der Waals surface area (Å²) in [6.45, 7) is 0.651. The molecule has 2 aromatic heterocycles. The van der Waals surface area contributed by atoms with E-state index in [9.17, 15) is 4.39 Å². The molecule has 0 aliphatic heterocycles. The normalized spacial score (nSPS) is 10.3. The highest BCUT2D eigenvalue weighted by Gasteiger charge is 1.99. The zero-order chi connectivity index (χ0) is 10.7. The first-order valence-corrected chi connectivity index (χ1v) is 6.00. The Hall–Kier alpha value is -0.940. The van der Waals surface area contributed by atoms with Crippen LogP contribution in [0.1, 0.15) is 5.56 Å². The molecule has 1 N–H and O–H groups in total. The Morgan fingerprint density at radius 2 is 2.33 bits per heavy atom. The summed E-state index contributed by atoms with van der Waals surface area (Å²) in [5.41, 5.74) is 1.15. The standard InChI is InChI=1S/C10H8BrFN2S/c11-8-4-7(6-15-8)5-13-10-3-1-2-9(12)14-10/h1-4,6H,5H2,(H,13,14). The minimum atomic E-state index is -0.466. The first kappa shape index (κ1) is 10.6. The summed E-state index contributed by atoms with van der Waals surface area (Å²) in [7, 11) is 0. The van der Waals surface area contributed by atoms with E-state index < -0.39 is 5.95 Å². The second-order valence-electron chi connectivity index (χ2n) is 2.96. The fraction of sp³-hybridized carbons (Fsp3) is 0.100. The summed E-state index contributed by atoms with van der Waals surface area (Å²) >= 11 is 5.01. The third-order valence-electron chi connectivity index (χ3n) is 1.81. The van der Waals surface area contributed by atoms with Gasteiger partial charge in [0.2, 0.25) is 5.95 Å². The Bertz CT molecular complexity index is 458. The van der Waals surface area contributed by atoms with Crippen LogP contribution in [0.2, 0.25) is 0 Å². The summed E-state index contributed by atoms with van der Waals surface area (Å²) in [6, 6.07) is 6.72. The predicted octanol–water partition coefficient (Wildman–Crippen LogP) is 3.66. The maximum Gasteiger partial charge on any atom is 0.214 e. The molecule has 78 valence electrons. The third-order valence-corrected chi connectivity index (χ3v) is 3.36. The summed E-state index contributed by atoms with van der Waals surface area (Å²) in [6.07, 6.45) is 0. The summed E-state index contributed by atoms with van der Waals surface area (Å²) < 4.78 is 13.8. The number of hydrogen-bond acceptors (Lipinski definition) is 3. The average Bonchev–Trinajstić information content (AvgIpc) is 2.62. The topological polar surface area (TPSA) is 24.9 Å². The van der Waals surface area contributed by atoms with Crippen LogP contribution in [0.4, 0.5) is 10.2 Å². The van der Waals surface area contributed by atoms with E-state index in [4.69, 9.17) is 0 Å². The van der Waals surface area contributed by atoms with Gasteiger partial charge in [0.1, 0.15) is 5.82 Å². The number of nitrogens with zero attached hydrogens (tertiary/aromatic N) is 1. The van der Waals surface area contributed by atoms with Crippen molar-refractivity contribution in [1.82, 2.24) is 4.98 Å². The minimum absolute atomic E-state index is 0.466. The number of anilines is 1. The lowest BCUT2D eigenvalue weighted by Gasteiger charge is -2.02. The Morgan fingerprint density at radius 3 is 3.00 bits per heavy atom. The molecule has 0 amide bonds. The van der Waals surface area contributed by atoms with Crippen molar-refractivity contribution >= 4 is 33.1 Å². The van der Waals surface area contributed by atoms with Gasteiger partial charge < -0.3 is 5.32 Å². The molecule has 0 saturated carbocycles. The van der Waals surface area contributed by atoms with Gasteiger partial charge in [0.05, 0.1) is 3.79 Å². The van der Waals surface area contributed by atoms with Crippen LogP contribution in [0.5, 0.6) is 0 Å².